The van der Waals surface area contributed by atoms with Crippen LogP contribution in [0.3, 0.4) is 0 Å². The van der Waals surface area contributed by atoms with Crippen molar-refractivity contribution in [2.24, 2.45) is 0 Å². The van der Waals surface area contributed by atoms with Crippen LogP contribution >= 0.6 is 0 Å². The van der Waals surface area contributed by atoms with Gasteiger partial charge in [0.2, 0.25) is 0 Å². The Labute approximate surface area is 123 Å². The second kappa shape index (κ2) is 6.15. The van der Waals surface area contributed by atoms with Crippen molar-refractivity contribution in [2.45, 2.75) is 44.8 Å². The van der Waals surface area contributed by atoms with Crippen LogP contribution in [0.15, 0.2) is 24.3 Å². The van der Waals surface area contributed by atoms with Gasteiger partial charge in [-0.15, -0.1) is 0 Å². The highest BCUT2D eigenvalue weighted by atomic mass is 15.2. The number of benzene rings is 1. The van der Waals surface area contributed by atoms with E-state index >= 15 is 0 Å². The zero-order chi connectivity index (χ0) is 13.9. The molecule has 110 valence electrons. The van der Waals surface area contributed by atoms with Gasteiger partial charge in [-0.1, -0.05) is 18.2 Å². The summed E-state index contributed by atoms with van der Waals surface area (Å²) in [5.41, 5.74) is 2.79. The summed E-state index contributed by atoms with van der Waals surface area (Å²) in [6.45, 7) is 7.09. The van der Waals surface area contributed by atoms with Gasteiger partial charge >= 0.3 is 0 Å². The van der Waals surface area contributed by atoms with E-state index in [1.165, 1.54) is 43.6 Å². The predicted octanol–water partition coefficient (Wildman–Crippen LogP) is 2.79. The number of anilines is 1. The zero-order valence-electron chi connectivity index (χ0n) is 12.8. The Kier molecular flexibility index (Phi) is 4.27. The number of hydrogen-bond donors (Lipinski definition) is 1. The summed E-state index contributed by atoms with van der Waals surface area (Å²) in [5.74, 6) is 0. The molecule has 20 heavy (non-hydrogen) atoms. The maximum absolute atomic E-state index is 3.78. The number of rotatable bonds is 4. The van der Waals surface area contributed by atoms with E-state index in [9.17, 15) is 0 Å². The molecule has 0 bridgehead atoms. The molecule has 2 aliphatic heterocycles. The Morgan fingerprint density at radius 1 is 1.20 bits per heavy atom. The second-order valence-electron chi connectivity index (χ2n) is 6.51. The van der Waals surface area contributed by atoms with E-state index < -0.39 is 0 Å². The Morgan fingerprint density at radius 3 is 2.65 bits per heavy atom. The summed E-state index contributed by atoms with van der Waals surface area (Å²) in [6, 6.07) is 10.1. The number of likely N-dealkylation sites (tertiary alicyclic amines) is 2. The monoisotopic (exact) mass is 273 g/mol. The van der Waals surface area contributed by atoms with Crippen molar-refractivity contribution in [1.29, 1.82) is 0 Å². The normalized spacial score (nSPS) is 28.1. The molecule has 2 aliphatic rings. The molecule has 1 aromatic rings. The lowest BCUT2D eigenvalue weighted by Crippen LogP contribution is -2.26. The number of nitrogens with zero attached hydrogens (tertiary/aromatic N) is 2. The van der Waals surface area contributed by atoms with Gasteiger partial charge in [0, 0.05) is 30.9 Å². The molecule has 3 heteroatoms. The van der Waals surface area contributed by atoms with Crippen molar-refractivity contribution in [1.82, 2.24) is 9.80 Å². The molecule has 0 amide bonds. The van der Waals surface area contributed by atoms with E-state index in [0.717, 1.165) is 13.1 Å². The Bertz CT molecular complexity index is 430. The summed E-state index contributed by atoms with van der Waals surface area (Å²) >= 11 is 0. The topological polar surface area (TPSA) is 18.5 Å². The van der Waals surface area contributed by atoms with Crippen molar-refractivity contribution < 1.29 is 0 Å². The first-order chi connectivity index (χ1) is 9.72. The van der Waals surface area contributed by atoms with Gasteiger partial charge in [-0.25, -0.2) is 0 Å². The summed E-state index contributed by atoms with van der Waals surface area (Å²) in [7, 11) is 2.22. The van der Waals surface area contributed by atoms with E-state index in [1.807, 2.05) is 0 Å². The van der Waals surface area contributed by atoms with Crippen molar-refractivity contribution in [3.05, 3.63) is 29.8 Å². The van der Waals surface area contributed by atoms with Crippen LogP contribution in [0.2, 0.25) is 0 Å². The van der Waals surface area contributed by atoms with Crippen LogP contribution in [-0.2, 0) is 6.54 Å². The fourth-order valence-corrected chi connectivity index (χ4v) is 3.50. The van der Waals surface area contributed by atoms with Gasteiger partial charge in [0.15, 0.2) is 0 Å². The van der Waals surface area contributed by atoms with Gasteiger partial charge in [-0.2, -0.15) is 0 Å². The molecule has 0 spiro atoms. The maximum Gasteiger partial charge on any atom is 0.0403 e. The Hall–Kier alpha value is -1.06. The van der Waals surface area contributed by atoms with Crippen LogP contribution in [0.4, 0.5) is 5.69 Å². The first-order valence-corrected chi connectivity index (χ1v) is 7.99. The number of likely N-dealkylation sites (N-methyl/N-ethyl adjacent to an activating group) is 1. The molecule has 1 N–H and O–H groups in total. The molecule has 0 radical (unpaired) electrons. The molecule has 3 rings (SSSR count). The fourth-order valence-electron chi connectivity index (χ4n) is 3.50. The maximum atomic E-state index is 3.78. The highest BCUT2D eigenvalue weighted by Crippen LogP contribution is 2.24. The molecule has 2 fully saturated rings. The van der Waals surface area contributed by atoms with E-state index in [2.05, 4.69) is 53.4 Å². The van der Waals surface area contributed by atoms with Crippen LogP contribution in [0.1, 0.15) is 31.7 Å². The summed E-state index contributed by atoms with van der Waals surface area (Å²) in [4.78, 5) is 5.02. The first-order valence-electron chi connectivity index (χ1n) is 7.99. The molecule has 0 aliphatic carbocycles. The summed E-state index contributed by atoms with van der Waals surface area (Å²) < 4.78 is 0. The van der Waals surface area contributed by atoms with E-state index in [0.29, 0.717) is 12.1 Å². The van der Waals surface area contributed by atoms with Crippen molar-refractivity contribution in [2.75, 3.05) is 32.0 Å². The highest BCUT2D eigenvalue weighted by Gasteiger charge is 2.26. The average molecular weight is 273 g/mol. The van der Waals surface area contributed by atoms with Gasteiger partial charge in [0.25, 0.3) is 0 Å². The first kappa shape index (κ1) is 13.9. The Morgan fingerprint density at radius 2 is 1.95 bits per heavy atom. The largest absolute Gasteiger partial charge is 0.381 e. The molecule has 3 nitrogen and oxygen atoms in total. The average Bonchev–Trinajstić information content (AvgIpc) is 3.03. The van der Waals surface area contributed by atoms with Crippen molar-refractivity contribution >= 4 is 5.69 Å². The number of hydrogen-bond acceptors (Lipinski definition) is 3. The van der Waals surface area contributed by atoms with Crippen LogP contribution in [-0.4, -0.2) is 48.6 Å². The summed E-state index contributed by atoms with van der Waals surface area (Å²) in [6.07, 6.45) is 3.97. The molecule has 2 heterocycles. The van der Waals surface area contributed by atoms with E-state index in [1.54, 1.807) is 0 Å². The second-order valence-corrected chi connectivity index (χ2v) is 6.51. The van der Waals surface area contributed by atoms with Gasteiger partial charge in [-0.3, -0.25) is 4.90 Å². The standard InChI is InChI=1S/C17H27N3/c1-14-11-16(13-19(14)2)18-17-8-4-3-7-15(17)12-20-9-5-6-10-20/h3-4,7-8,14,16,18H,5-6,9-13H2,1-2H3. The van der Waals surface area contributed by atoms with Crippen LogP contribution < -0.4 is 5.32 Å². The van der Waals surface area contributed by atoms with Crippen molar-refractivity contribution in [3.8, 4) is 0 Å². The van der Waals surface area contributed by atoms with Crippen LogP contribution in [0.5, 0.6) is 0 Å². The van der Waals surface area contributed by atoms with Gasteiger partial charge < -0.3 is 10.2 Å². The molecule has 2 atom stereocenters. The fraction of sp³-hybridized carbons (Fsp3) is 0.647. The third-order valence-corrected chi connectivity index (χ3v) is 4.86. The van der Waals surface area contributed by atoms with Gasteiger partial charge in [-0.05, 0) is 58.0 Å². The number of para-hydroxylation sites is 1. The third kappa shape index (κ3) is 3.15. The smallest absolute Gasteiger partial charge is 0.0403 e. The lowest BCUT2D eigenvalue weighted by atomic mass is 10.1. The summed E-state index contributed by atoms with van der Waals surface area (Å²) in [5, 5.41) is 3.78. The minimum absolute atomic E-state index is 0.592. The van der Waals surface area contributed by atoms with Gasteiger partial charge in [0.1, 0.15) is 0 Å². The van der Waals surface area contributed by atoms with Crippen LogP contribution in [0.25, 0.3) is 0 Å². The highest BCUT2D eigenvalue weighted by molar-refractivity contribution is 5.52. The minimum atomic E-state index is 0.592. The van der Waals surface area contributed by atoms with E-state index in [4.69, 9.17) is 0 Å². The minimum Gasteiger partial charge on any atom is -0.381 e. The molecular weight excluding hydrogens is 246 g/mol. The molecular formula is C17H27N3. The lowest BCUT2D eigenvalue weighted by Gasteiger charge is -2.21. The predicted molar refractivity (Wildman–Crippen MR) is 85.1 cm³/mol. The molecule has 2 saturated heterocycles. The molecule has 0 saturated carbocycles. The van der Waals surface area contributed by atoms with Gasteiger partial charge in [0.05, 0.1) is 0 Å². The lowest BCUT2D eigenvalue weighted by molar-refractivity contribution is 0.329. The molecule has 2 unspecified atom stereocenters. The van der Waals surface area contributed by atoms with Crippen LogP contribution in [0, 0.1) is 0 Å². The Balaban J connectivity index is 1.66. The van der Waals surface area contributed by atoms with E-state index in [-0.39, 0.29) is 0 Å². The van der Waals surface area contributed by atoms with Crippen molar-refractivity contribution in [3.63, 3.8) is 0 Å². The molecule has 0 aromatic heterocycles. The zero-order valence-corrected chi connectivity index (χ0v) is 12.8. The quantitative estimate of drug-likeness (QED) is 0.910. The molecule has 1 aromatic carbocycles. The SMILES string of the molecule is CC1CC(Nc2ccccc2CN2CCCC2)CN1C. The number of nitrogens with one attached hydrogen (secondary N) is 1. The third-order valence-electron chi connectivity index (χ3n) is 4.86.